The van der Waals surface area contributed by atoms with Gasteiger partial charge in [0.15, 0.2) is 0 Å². The average Bonchev–Trinajstić information content (AvgIpc) is 3.22. The minimum absolute atomic E-state index is 0.0227. The van der Waals surface area contributed by atoms with Crippen molar-refractivity contribution in [2.75, 3.05) is 0 Å². The maximum absolute atomic E-state index is 12.2. The summed E-state index contributed by atoms with van der Waals surface area (Å²) < 4.78 is 3.23. The standard InChI is InChI=1S/C21H20BrN3O/c22-18-7-2-4-15(11-18)12-21(26)23-13-16-5-1-6-17(10-16)19-14-25-9-3-8-20(25)24-19/h1-2,4-7,10-11,14H,3,8-9,12-13H2,(H,23,26). The van der Waals surface area contributed by atoms with Gasteiger partial charge in [-0.3, -0.25) is 4.79 Å². The topological polar surface area (TPSA) is 46.9 Å². The highest BCUT2D eigenvalue weighted by atomic mass is 79.9. The molecule has 132 valence electrons. The molecule has 2 heterocycles. The molecule has 0 saturated heterocycles. The lowest BCUT2D eigenvalue weighted by atomic mass is 10.1. The molecule has 1 aliphatic heterocycles. The van der Waals surface area contributed by atoms with Crippen LogP contribution in [0.15, 0.2) is 59.2 Å². The fraction of sp³-hybridized carbons (Fsp3) is 0.238. The molecule has 4 nitrogen and oxygen atoms in total. The summed E-state index contributed by atoms with van der Waals surface area (Å²) in [5.74, 6) is 1.20. The van der Waals surface area contributed by atoms with Crippen LogP contribution in [0, 0.1) is 0 Å². The monoisotopic (exact) mass is 409 g/mol. The van der Waals surface area contributed by atoms with Gasteiger partial charge in [0, 0.05) is 35.7 Å². The molecule has 0 atom stereocenters. The molecule has 1 aliphatic rings. The Bertz CT molecular complexity index is 926. The molecule has 0 fully saturated rings. The zero-order chi connectivity index (χ0) is 17.9. The smallest absolute Gasteiger partial charge is 0.224 e. The normalized spacial score (nSPS) is 12.8. The second-order valence-corrected chi connectivity index (χ2v) is 7.54. The Balaban J connectivity index is 1.40. The Morgan fingerprint density at radius 3 is 2.85 bits per heavy atom. The number of rotatable bonds is 5. The average molecular weight is 410 g/mol. The first-order valence-electron chi connectivity index (χ1n) is 8.84. The van der Waals surface area contributed by atoms with Crippen LogP contribution in [0.2, 0.25) is 0 Å². The van der Waals surface area contributed by atoms with Crippen molar-refractivity contribution in [1.82, 2.24) is 14.9 Å². The van der Waals surface area contributed by atoms with E-state index in [1.54, 1.807) is 0 Å². The second kappa shape index (κ2) is 7.46. The summed E-state index contributed by atoms with van der Waals surface area (Å²) in [5.41, 5.74) is 4.20. The predicted octanol–water partition coefficient (Wildman–Crippen LogP) is 4.12. The van der Waals surface area contributed by atoms with Crippen LogP contribution in [0.5, 0.6) is 0 Å². The third-order valence-corrected chi connectivity index (χ3v) is 5.12. The molecule has 0 spiro atoms. The van der Waals surface area contributed by atoms with Gasteiger partial charge in [-0.1, -0.05) is 46.3 Å². The van der Waals surface area contributed by atoms with Crippen molar-refractivity contribution in [3.8, 4) is 11.3 Å². The number of fused-ring (bicyclic) bond motifs is 1. The number of hydrogen-bond donors (Lipinski definition) is 1. The number of carbonyl (C=O) groups excluding carboxylic acids is 1. The number of nitrogens with zero attached hydrogens (tertiary/aromatic N) is 2. The van der Waals surface area contributed by atoms with E-state index in [1.807, 2.05) is 36.4 Å². The maximum Gasteiger partial charge on any atom is 0.224 e. The van der Waals surface area contributed by atoms with Crippen molar-refractivity contribution in [3.05, 3.63) is 76.2 Å². The summed E-state index contributed by atoms with van der Waals surface area (Å²) in [4.78, 5) is 16.9. The summed E-state index contributed by atoms with van der Waals surface area (Å²) in [6.07, 6.45) is 4.76. The lowest BCUT2D eigenvalue weighted by Gasteiger charge is -2.07. The number of amides is 1. The van der Waals surface area contributed by atoms with E-state index in [-0.39, 0.29) is 5.91 Å². The maximum atomic E-state index is 12.2. The third kappa shape index (κ3) is 3.88. The first kappa shape index (κ1) is 17.0. The second-order valence-electron chi connectivity index (χ2n) is 6.62. The minimum Gasteiger partial charge on any atom is -0.352 e. The van der Waals surface area contributed by atoms with Gasteiger partial charge in [-0.25, -0.2) is 4.98 Å². The molecular formula is C21H20BrN3O. The number of nitrogens with one attached hydrogen (secondary N) is 1. The molecule has 0 saturated carbocycles. The molecule has 1 aromatic heterocycles. The van der Waals surface area contributed by atoms with Gasteiger partial charge in [0.25, 0.3) is 0 Å². The number of halogens is 1. The zero-order valence-electron chi connectivity index (χ0n) is 14.4. The van der Waals surface area contributed by atoms with Crippen LogP contribution in [0.4, 0.5) is 0 Å². The van der Waals surface area contributed by atoms with Crippen molar-refractivity contribution in [2.24, 2.45) is 0 Å². The van der Waals surface area contributed by atoms with Crippen molar-refractivity contribution < 1.29 is 4.79 Å². The number of hydrogen-bond acceptors (Lipinski definition) is 2. The van der Waals surface area contributed by atoms with E-state index in [9.17, 15) is 4.79 Å². The first-order chi connectivity index (χ1) is 12.7. The fourth-order valence-corrected chi connectivity index (χ4v) is 3.78. The number of aryl methyl sites for hydroxylation is 2. The van der Waals surface area contributed by atoms with E-state index in [0.29, 0.717) is 13.0 Å². The number of aromatic nitrogens is 2. The van der Waals surface area contributed by atoms with Gasteiger partial charge in [-0.15, -0.1) is 0 Å². The molecule has 0 unspecified atom stereocenters. The molecule has 1 amide bonds. The van der Waals surface area contributed by atoms with Gasteiger partial charge in [0.1, 0.15) is 5.82 Å². The summed E-state index contributed by atoms with van der Waals surface area (Å²) in [5, 5.41) is 3.00. The Morgan fingerprint density at radius 2 is 2.00 bits per heavy atom. The Labute approximate surface area is 161 Å². The highest BCUT2D eigenvalue weighted by molar-refractivity contribution is 9.10. The predicted molar refractivity (Wildman–Crippen MR) is 106 cm³/mol. The number of imidazole rings is 1. The minimum atomic E-state index is 0.0227. The van der Waals surface area contributed by atoms with E-state index in [2.05, 4.69) is 44.1 Å². The van der Waals surface area contributed by atoms with Crippen molar-refractivity contribution in [2.45, 2.75) is 32.4 Å². The molecule has 2 aromatic carbocycles. The van der Waals surface area contributed by atoms with Crippen LogP contribution < -0.4 is 5.32 Å². The van der Waals surface area contributed by atoms with E-state index >= 15 is 0 Å². The van der Waals surface area contributed by atoms with E-state index in [4.69, 9.17) is 4.98 Å². The van der Waals surface area contributed by atoms with Crippen LogP contribution >= 0.6 is 15.9 Å². The summed E-state index contributed by atoms with van der Waals surface area (Å²) >= 11 is 3.43. The van der Waals surface area contributed by atoms with Crippen LogP contribution in [0.1, 0.15) is 23.4 Å². The van der Waals surface area contributed by atoms with E-state index < -0.39 is 0 Å². The van der Waals surface area contributed by atoms with E-state index in [1.165, 1.54) is 12.2 Å². The van der Waals surface area contributed by atoms with Gasteiger partial charge in [0.05, 0.1) is 12.1 Å². The van der Waals surface area contributed by atoms with Crippen LogP contribution in [0.3, 0.4) is 0 Å². The van der Waals surface area contributed by atoms with Crippen molar-refractivity contribution >= 4 is 21.8 Å². The zero-order valence-corrected chi connectivity index (χ0v) is 16.0. The molecule has 0 radical (unpaired) electrons. The number of carbonyl (C=O) groups is 1. The molecule has 5 heteroatoms. The Kier molecular flexibility index (Phi) is 4.89. The molecule has 4 rings (SSSR count). The third-order valence-electron chi connectivity index (χ3n) is 4.62. The lowest BCUT2D eigenvalue weighted by Crippen LogP contribution is -2.24. The van der Waals surface area contributed by atoms with Gasteiger partial charge in [-0.05, 0) is 35.7 Å². The molecule has 26 heavy (non-hydrogen) atoms. The molecular weight excluding hydrogens is 390 g/mol. The van der Waals surface area contributed by atoms with Crippen LogP contribution in [-0.2, 0) is 30.7 Å². The van der Waals surface area contributed by atoms with Crippen LogP contribution in [0.25, 0.3) is 11.3 Å². The molecule has 3 aromatic rings. The Hall–Kier alpha value is -2.40. The summed E-state index contributed by atoms with van der Waals surface area (Å²) in [7, 11) is 0. The van der Waals surface area contributed by atoms with Gasteiger partial charge in [-0.2, -0.15) is 0 Å². The molecule has 1 N–H and O–H groups in total. The first-order valence-corrected chi connectivity index (χ1v) is 9.63. The number of benzene rings is 2. The molecule has 0 bridgehead atoms. The molecule has 0 aliphatic carbocycles. The highest BCUT2D eigenvalue weighted by Gasteiger charge is 2.14. The van der Waals surface area contributed by atoms with Gasteiger partial charge < -0.3 is 9.88 Å². The van der Waals surface area contributed by atoms with Crippen molar-refractivity contribution in [1.29, 1.82) is 0 Å². The fourth-order valence-electron chi connectivity index (χ4n) is 3.33. The summed E-state index contributed by atoms with van der Waals surface area (Å²) in [6.45, 7) is 1.59. The Morgan fingerprint density at radius 1 is 1.15 bits per heavy atom. The van der Waals surface area contributed by atoms with Gasteiger partial charge >= 0.3 is 0 Å². The van der Waals surface area contributed by atoms with Crippen molar-refractivity contribution in [3.63, 3.8) is 0 Å². The quantitative estimate of drug-likeness (QED) is 0.688. The summed E-state index contributed by atoms with van der Waals surface area (Å²) in [6, 6.07) is 16.1. The van der Waals surface area contributed by atoms with Crippen LogP contribution in [-0.4, -0.2) is 15.5 Å². The lowest BCUT2D eigenvalue weighted by molar-refractivity contribution is -0.120. The van der Waals surface area contributed by atoms with E-state index in [0.717, 1.165) is 39.8 Å². The SMILES string of the molecule is O=C(Cc1cccc(Br)c1)NCc1cccc(-c2cn3c(n2)CCC3)c1. The van der Waals surface area contributed by atoms with Gasteiger partial charge in [0.2, 0.25) is 5.91 Å². The highest BCUT2D eigenvalue weighted by Crippen LogP contribution is 2.23. The largest absolute Gasteiger partial charge is 0.352 e.